The third kappa shape index (κ3) is 5.44. The van der Waals surface area contributed by atoms with Gasteiger partial charge in [0, 0.05) is 43.9 Å². The highest BCUT2D eigenvalue weighted by molar-refractivity contribution is 6.14. The molecule has 1 aliphatic rings. The van der Waals surface area contributed by atoms with E-state index in [4.69, 9.17) is 19.4 Å². The lowest BCUT2D eigenvalue weighted by Gasteiger charge is -2.11. The largest absolute Gasteiger partial charge is 0.456 e. The second-order valence-electron chi connectivity index (χ2n) is 14.3. The highest BCUT2D eigenvalue weighted by Gasteiger charge is 2.18. The number of rotatable bonds is 6. The molecule has 0 spiro atoms. The summed E-state index contributed by atoms with van der Waals surface area (Å²) < 4.78 is 8.85. The van der Waals surface area contributed by atoms with Crippen LogP contribution in [0, 0.1) is 0 Å². The van der Waals surface area contributed by atoms with Crippen LogP contribution in [0.2, 0.25) is 0 Å². The minimum Gasteiger partial charge on any atom is -0.456 e. The second-order valence-corrected chi connectivity index (χ2v) is 14.3. The summed E-state index contributed by atoms with van der Waals surface area (Å²) in [5, 5.41) is 4.62. The molecule has 56 heavy (non-hydrogen) atoms. The maximum absolute atomic E-state index is 6.50. The van der Waals surface area contributed by atoms with Crippen LogP contribution in [0.3, 0.4) is 0 Å². The molecular weight excluding hydrogens is 685 g/mol. The molecule has 0 N–H and O–H groups in total. The van der Waals surface area contributed by atoms with E-state index in [1.165, 1.54) is 21.8 Å². The maximum Gasteiger partial charge on any atom is 0.164 e. The second kappa shape index (κ2) is 13.2. The Bertz CT molecular complexity index is 3190. The molecule has 0 radical (unpaired) electrons. The molecule has 0 atom stereocenters. The van der Waals surface area contributed by atoms with E-state index in [-0.39, 0.29) is 0 Å². The number of benzene rings is 7. The monoisotopic (exact) mass is 718 g/mol. The van der Waals surface area contributed by atoms with Crippen LogP contribution in [0.25, 0.3) is 100 Å². The Kier molecular flexibility index (Phi) is 7.56. The van der Waals surface area contributed by atoms with Crippen molar-refractivity contribution < 1.29 is 4.42 Å². The molecule has 10 aromatic rings. The minimum absolute atomic E-state index is 0.645. The number of hydrogen-bond acceptors (Lipinski definition) is 4. The van der Waals surface area contributed by atoms with Gasteiger partial charge in [0.2, 0.25) is 0 Å². The van der Waals surface area contributed by atoms with Crippen molar-refractivity contribution in [3.05, 3.63) is 188 Å². The van der Waals surface area contributed by atoms with Gasteiger partial charge in [-0.05, 0) is 89.7 Å². The average Bonchev–Trinajstić information content (AvgIpc) is 3.82. The quantitative estimate of drug-likeness (QED) is 0.172. The number of aromatic nitrogens is 4. The Morgan fingerprint density at radius 1 is 0.446 bits per heavy atom. The van der Waals surface area contributed by atoms with E-state index in [0.717, 1.165) is 79.4 Å². The maximum atomic E-state index is 6.50. The highest BCUT2D eigenvalue weighted by atomic mass is 16.3. The number of para-hydroxylation sites is 2. The first-order chi connectivity index (χ1) is 27.7. The fourth-order valence-electron chi connectivity index (χ4n) is 8.21. The smallest absolute Gasteiger partial charge is 0.164 e. The first kappa shape index (κ1) is 32.1. The van der Waals surface area contributed by atoms with Crippen LogP contribution < -0.4 is 0 Å². The summed E-state index contributed by atoms with van der Waals surface area (Å²) in [5.41, 5.74) is 12.6. The van der Waals surface area contributed by atoms with Crippen LogP contribution in [0.15, 0.2) is 186 Å². The highest BCUT2D eigenvalue weighted by Crippen LogP contribution is 2.41. The zero-order valence-corrected chi connectivity index (χ0v) is 30.4. The number of allylic oxidation sites excluding steroid dienone is 4. The Balaban J connectivity index is 1.04. The van der Waals surface area contributed by atoms with Crippen LogP contribution >= 0.6 is 0 Å². The van der Waals surface area contributed by atoms with Gasteiger partial charge >= 0.3 is 0 Å². The summed E-state index contributed by atoms with van der Waals surface area (Å²) in [5.74, 6) is 1.99. The molecule has 7 aromatic carbocycles. The van der Waals surface area contributed by atoms with Crippen molar-refractivity contribution in [2.24, 2.45) is 0 Å². The molecule has 5 nitrogen and oxygen atoms in total. The molecule has 5 heteroatoms. The molecule has 0 aliphatic heterocycles. The molecule has 264 valence electrons. The van der Waals surface area contributed by atoms with Crippen molar-refractivity contribution >= 4 is 49.3 Å². The van der Waals surface area contributed by atoms with Gasteiger partial charge in [-0.3, -0.25) is 0 Å². The van der Waals surface area contributed by atoms with Gasteiger partial charge in [-0.15, -0.1) is 0 Å². The third-order valence-electron chi connectivity index (χ3n) is 10.9. The van der Waals surface area contributed by atoms with Crippen LogP contribution in [0.4, 0.5) is 0 Å². The predicted octanol–water partition coefficient (Wildman–Crippen LogP) is 13.3. The van der Waals surface area contributed by atoms with Gasteiger partial charge in [0.25, 0.3) is 0 Å². The summed E-state index contributed by atoms with van der Waals surface area (Å²) in [7, 11) is 0. The number of fused-ring (bicyclic) bond motifs is 6. The number of hydrogen-bond donors (Lipinski definition) is 0. The zero-order valence-electron chi connectivity index (χ0n) is 30.4. The molecular formula is C51H34N4O. The van der Waals surface area contributed by atoms with E-state index in [1.54, 1.807) is 0 Å². The van der Waals surface area contributed by atoms with Crippen molar-refractivity contribution in [3.8, 4) is 50.7 Å². The van der Waals surface area contributed by atoms with Gasteiger partial charge in [-0.1, -0.05) is 127 Å². The van der Waals surface area contributed by atoms with Crippen LogP contribution in [0.1, 0.15) is 18.7 Å². The molecule has 3 aromatic heterocycles. The van der Waals surface area contributed by atoms with E-state index >= 15 is 0 Å². The van der Waals surface area contributed by atoms with Gasteiger partial charge in [-0.2, -0.15) is 0 Å². The molecule has 3 heterocycles. The van der Waals surface area contributed by atoms with Crippen molar-refractivity contribution in [1.29, 1.82) is 0 Å². The van der Waals surface area contributed by atoms with Gasteiger partial charge in [0.05, 0.1) is 11.0 Å². The third-order valence-corrected chi connectivity index (χ3v) is 10.9. The molecule has 0 amide bonds. The van der Waals surface area contributed by atoms with E-state index < -0.39 is 0 Å². The molecule has 0 bridgehead atoms. The molecule has 0 saturated carbocycles. The van der Waals surface area contributed by atoms with Gasteiger partial charge in [0.15, 0.2) is 17.5 Å². The van der Waals surface area contributed by atoms with Crippen molar-refractivity contribution in [3.63, 3.8) is 0 Å². The fourth-order valence-corrected chi connectivity index (χ4v) is 8.21. The Hall–Kier alpha value is -7.37. The van der Waals surface area contributed by atoms with E-state index in [9.17, 15) is 0 Å². The van der Waals surface area contributed by atoms with E-state index in [0.29, 0.717) is 17.5 Å². The van der Waals surface area contributed by atoms with Crippen LogP contribution in [-0.4, -0.2) is 19.5 Å². The predicted molar refractivity (Wildman–Crippen MR) is 230 cm³/mol. The van der Waals surface area contributed by atoms with Crippen molar-refractivity contribution in [1.82, 2.24) is 19.5 Å². The average molecular weight is 719 g/mol. The number of nitrogens with zero attached hydrogens (tertiary/aromatic N) is 4. The van der Waals surface area contributed by atoms with Crippen molar-refractivity contribution in [2.45, 2.75) is 12.8 Å². The number of furan rings is 1. The Morgan fingerprint density at radius 2 is 1.12 bits per heavy atom. The van der Waals surface area contributed by atoms with Gasteiger partial charge in [-0.25, -0.2) is 15.0 Å². The van der Waals surface area contributed by atoms with Crippen LogP contribution in [-0.2, 0) is 0 Å². The SMILES string of the molecule is C1=CC(c2nc(-c3ccccc3)nc(-c3cccc(-c4cccc5oc6ccc(-c7ccc8c(c7)c7ccccc7n8-c7ccccc7)cc6c45)c3)n2)=CCC1. The van der Waals surface area contributed by atoms with E-state index in [2.05, 4.69) is 156 Å². The fraction of sp³-hybridized carbons (Fsp3) is 0.0392. The molecule has 0 fully saturated rings. The standard InChI is InChI=1S/C51H34N4O/c1-4-14-33(15-5-1)49-52-50(34-16-6-2-7-17-34)54-51(53-49)38-19-12-18-37(30-38)40-23-13-25-47-48(40)43-32-36(27-29-46(43)56-47)35-26-28-45-42(31-35)41-22-10-11-24-44(41)55(45)39-20-8-3-9-21-39/h1,3-6,8-32H,2,7H2. The van der Waals surface area contributed by atoms with Gasteiger partial charge < -0.3 is 8.98 Å². The first-order valence-corrected chi connectivity index (χ1v) is 19.1. The van der Waals surface area contributed by atoms with E-state index in [1.807, 2.05) is 30.3 Å². The summed E-state index contributed by atoms with van der Waals surface area (Å²) in [4.78, 5) is 15.0. The first-order valence-electron chi connectivity index (χ1n) is 19.1. The lowest BCUT2D eigenvalue weighted by atomic mass is 9.96. The summed E-state index contributed by atoms with van der Waals surface area (Å²) >= 11 is 0. The topological polar surface area (TPSA) is 56.7 Å². The Morgan fingerprint density at radius 3 is 1.96 bits per heavy atom. The molecule has 11 rings (SSSR count). The Labute approximate surface area is 323 Å². The lowest BCUT2D eigenvalue weighted by Crippen LogP contribution is -2.03. The normalized spacial score (nSPS) is 12.9. The minimum atomic E-state index is 0.645. The summed E-state index contributed by atoms with van der Waals surface area (Å²) in [6.07, 6.45) is 8.52. The zero-order chi connectivity index (χ0) is 37.0. The van der Waals surface area contributed by atoms with Crippen LogP contribution in [0.5, 0.6) is 0 Å². The summed E-state index contributed by atoms with van der Waals surface area (Å²) in [6, 6.07) is 57.6. The van der Waals surface area contributed by atoms with Crippen molar-refractivity contribution in [2.75, 3.05) is 0 Å². The van der Waals surface area contributed by atoms with Gasteiger partial charge in [0.1, 0.15) is 11.2 Å². The lowest BCUT2D eigenvalue weighted by molar-refractivity contribution is 0.669. The molecule has 0 unspecified atom stereocenters. The molecule has 0 saturated heterocycles. The molecule has 1 aliphatic carbocycles. The summed E-state index contributed by atoms with van der Waals surface area (Å²) in [6.45, 7) is 0.